The van der Waals surface area contributed by atoms with E-state index >= 15 is 0 Å². The van der Waals surface area contributed by atoms with E-state index < -0.39 is 5.41 Å². The summed E-state index contributed by atoms with van der Waals surface area (Å²) < 4.78 is 0. The van der Waals surface area contributed by atoms with Gasteiger partial charge in [-0.3, -0.25) is 0 Å². The summed E-state index contributed by atoms with van der Waals surface area (Å²) in [5.41, 5.74) is -0.440. The molecule has 0 aromatic heterocycles. The van der Waals surface area contributed by atoms with Crippen LogP contribution in [0, 0.1) is 5.41 Å². The lowest BCUT2D eigenvalue weighted by Gasteiger charge is -2.20. The first-order valence-electron chi connectivity index (χ1n) is 11.5. The van der Waals surface area contributed by atoms with E-state index in [0.717, 1.165) is 12.8 Å². The highest BCUT2D eigenvalue weighted by molar-refractivity contribution is 5.75. The predicted molar refractivity (Wildman–Crippen MR) is 113 cm³/mol. The van der Waals surface area contributed by atoms with Crippen molar-refractivity contribution in [3.05, 3.63) is 0 Å². The van der Waals surface area contributed by atoms with Crippen molar-refractivity contribution >= 4 is 5.97 Å². The molecule has 0 fully saturated rings. The molecule has 0 aromatic carbocycles. The molecule has 0 unspecified atom stereocenters. The SMILES string of the molecule is CCCCCCCCCCCCCCCCCCCC(C)(C)C(=O)ON. The summed E-state index contributed by atoms with van der Waals surface area (Å²) in [6.45, 7) is 6.10. The van der Waals surface area contributed by atoms with Crippen LogP contribution in [0.1, 0.15) is 136 Å². The average Bonchev–Trinajstić information content (AvgIpc) is 2.63. The van der Waals surface area contributed by atoms with Crippen molar-refractivity contribution in [3.8, 4) is 0 Å². The van der Waals surface area contributed by atoms with E-state index in [1.165, 1.54) is 103 Å². The molecule has 0 amide bonds. The predicted octanol–water partition coefficient (Wildman–Crippen LogP) is 7.47. The molecular weight excluding hydrogens is 322 g/mol. The smallest absolute Gasteiger partial charge is 0.329 e. The summed E-state index contributed by atoms with van der Waals surface area (Å²) in [6.07, 6.45) is 24.2. The summed E-state index contributed by atoms with van der Waals surface area (Å²) in [7, 11) is 0. The number of carbonyl (C=O) groups excluding carboxylic acids is 1. The molecule has 0 spiro atoms. The second-order valence-corrected chi connectivity index (χ2v) is 8.70. The molecule has 0 atom stereocenters. The Hall–Kier alpha value is -0.570. The zero-order valence-electron chi connectivity index (χ0n) is 18.1. The molecule has 0 bridgehead atoms. The van der Waals surface area contributed by atoms with Gasteiger partial charge in [-0.25, -0.2) is 4.79 Å². The Bertz CT molecular complexity index is 315. The van der Waals surface area contributed by atoms with Crippen LogP contribution < -0.4 is 5.90 Å². The van der Waals surface area contributed by atoms with Gasteiger partial charge in [0.2, 0.25) is 0 Å². The Morgan fingerprint density at radius 1 is 0.654 bits per heavy atom. The van der Waals surface area contributed by atoms with Crippen molar-refractivity contribution in [2.45, 2.75) is 136 Å². The van der Waals surface area contributed by atoms with Gasteiger partial charge in [-0.05, 0) is 20.3 Å². The molecule has 0 radical (unpaired) electrons. The molecule has 0 rings (SSSR count). The number of hydrogen-bond donors (Lipinski definition) is 1. The Labute approximate surface area is 163 Å². The fraction of sp³-hybridized carbons (Fsp3) is 0.957. The van der Waals surface area contributed by atoms with Gasteiger partial charge in [-0.2, -0.15) is 5.90 Å². The minimum Gasteiger partial charge on any atom is -0.373 e. The van der Waals surface area contributed by atoms with Crippen LogP contribution in [0.3, 0.4) is 0 Å². The van der Waals surface area contributed by atoms with E-state index in [-0.39, 0.29) is 5.97 Å². The number of carbonyl (C=O) groups is 1. The molecule has 0 aliphatic carbocycles. The van der Waals surface area contributed by atoms with Gasteiger partial charge >= 0.3 is 5.97 Å². The molecule has 26 heavy (non-hydrogen) atoms. The monoisotopic (exact) mass is 369 g/mol. The van der Waals surface area contributed by atoms with Crippen LogP contribution in [-0.2, 0) is 9.63 Å². The third-order valence-corrected chi connectivity index (χ3v) is 5.56. The van der Waals surface area contributed by atoms with Crippen LogP contribution in [-0.4, -0.2) is 5.97 Å². The number of hydrogen-bond acceptors (Lipinski definition) is 3. The van der Waals surface area contributed by atoms with Gasteiger partial charge in [0.1, 0.15) is 0 Å². The van der Waals surface area contributed by atoms with Crippen LogP contribution in [0.4, 0.5) is 0 Å². The van der Waals surface area contributed by atoms with Gasteiger partial charge in [0.05, 0.1) is 5.41 Å². The molecule has 0 aromatic rings. The Morgan fingerprint density at radius 3 is 1.27 bits per heavy atom. The molecule has 3 heteroatoms. The lowest BCUT2D eigenvalue weighted by molar-refractivity contribution is -0.155. The van der Waals surface area contributed by atoms with E-state index in [1.54, 1.807) is 0 Å². The summed E-state index contributed by atoms with van der Waals surface area (Å²) in [5.74, 6) is 4.68. The molecule has 2 N–H and O–H groups in total. The zero-order chi connectivity index (χ0) is 19.5. The van der Waals surface area contributed by atoms with Crippen LogP contribution in [0.2, 0.25) is 0 Å². The normalized spacial score (nSPS) is 11.7. The van der Waals surface area contributed by atoms with E-state index in [4.69, 9.17) is 5.90 Å². The second kappa shape index (κ2) is 17.8. The quantitative estimate of drug-likeness (QED) is 0.190. The van der Waals surface area contributed by atoms with Gasteiger partial charge in [-0.15, -0.1) is 0 Å². The largest absolute Gasteiger partial charge is 0.373 e. The van der Waals surface area contributed by atoms with Gasteiger partial charge in [0.15, 0.2) is 0 Å². The van der Waals surface area contributed by atoms with E-state index in [1.807, 2.05) is 13.8 Å². The van der Waals surface area contributed by atoms with Crippen molar-refractivity contribution in [1.82, 2.24) is 0 Å². The van der Waals surface area contributed by atoms with Crippen LogP contribution in [0.25, 0.3) is 0 Å². The van der Waals surface area contributed by atoms with Crippen molar-refractivity contribution in [2.75, 3.05) is 0 Å². The molecule has 0 saturated heterocycles. The minimum atomic E-state index is -0.440. The van der Waals surface area contributed by atoms with Gasteiger partial charge in [0, 0.05) is 0 Å². The topological polar surface area (TPSA) is 52.3 Å². The Balaban J connectivity index is 3.19. The molecule has 3 nitrogen and oxygen atoms in total. The summed E-state index contributed by atoms with van der Waals surface area (Å²) in [4.78, 5) is 15.8. The first-order valence-corrected chi connectivity index (χ1v) is 11.5. The standard InChI is InChI=1S/C23H47NO2/c1-4-5-6-7-8-9-10-11-12-13-14-15-16-17-18-19-20-21-23(2,3)22(25)26-24/h4-21,24H2,1-3H3. The van der Waals surface area contributed by atoms with Crippen LogP contribution >= 0.6 is 0 Å². The summed E-state index contributed by atoms with van der Waals surface area (Å²) in [5, 5.41) is 0. The molecule has 156 valence electrons. The second-order valence-electron chi connectivity index (χ2n) is 8.70. The molecule has 0 saturated carbocycles. The van der Waals surface area contributed by atoms with Gasteiger partial charge in [-0.1, -0.05) is 116 Å². The molecule has 0 aliphatic heterocycles. The number of rotatable bonds is 19. The maximum Gasteiger partial charge on any atom is 0.329 e. The summed E-state index contributed by atoms with van der Waals surface area (Å²) >= 11 is 0. The fourth-order valence-electron chi connectivity index (χ4n) is 3.55. The highest BCUT2D eigenvalue weighted by Gasteiger charge is 2.28. The Kier molecular flexibility index (Phi) is 17.4. The first kappa shape index (κ1) is 25.4. The third kappa shape index (κ3) is 15.7. The number of unbranched alkanes of at least 4 members (excludes halogenated alkanes) is 16. The van der Waals surface area contributed by atoms with E-state index in [0.29, 0.717) is 0 Å². The maximum absolute atomic E-state index is 11.5. The highest BCUT2D eigenvalue weighted by atomic mass is 16.7. The highest BCUT2D eigenvalue weighted by Crippen LogP contribution is 2.25. The molecule has 0 aliphatic rings. The van der Waals surface area contributed by atoms with Crippen LogP contribution in [0.5, 0.6) is 0 Å². The average molecular weight is 370 g/mol. The third-order valence-electron chi connectivity index (χ3n) is 5.56. The lowest BCUT2D eigenvalue weighted by Crippen LogP contribution is -2.28. The molecule has 0 heterocycles. The first-order chi connectivity index (χ1) is 12.5. The van der Waals surface area contributed by atoms with Crippen molar-refractivity contribution in [1.29, 1.82) is 0 Å². The maximum atomic E-state index is 11.5. The number of nitrogens with two attached hydrogens (primary N) is 1. The van der Waals surface area contributed by atoms with Crippen molar-refractivity contribution in [2.24, 2.45) is 11.3 Å². The minimum absolute atomic E-state index is 0.297. The molecular formula is C23H47NO2. The van der Waals surface area contributed by atoms with Crippen molar-refractivity contribution in [3.63, 3.8) is 0 Å². The van der Waals surface area contributed by atoms with E-state index in [2.05, 4.69) is 11.8 Å². The lowest BCUT2D eigenvalue weighted by atomic mass is 9.87. The van der Waals surface area contributed by atoms with Crippen molar-refractivity contribution < 1.29 is 9.63 Å². The Morgan fingerprint density at radius 2 is 0.962 bits per heavy atom. The van der Waals surface area contributed by atoms with Gasteiger partial charge < -0.3 is 4.84 Å². The van der Waals surface area contributed by atoms with Crippen LogP contribution in [0.15, 0.2) is 0 Å². The fourth-order valence-corrected chi connectivity index (χ4v) is 3.55. The summed E-state index contributed by atoms with van der Waals surface area (Å²) in [6, 6.07) is 0. The zero-order valence-corrected chi connectivity index (χ0v) is 18.1. The van der Waals surface area contributed by atoms with E-state index in [9.17, 15) is 4.79 Å². The van der Waals surface area contributed by atoms with Gasteiger partial charge in [0.25, 0.3) is 0 Å².